The van der Waals surface area contributed by atoms with Crippen LogP contribution < -0.4 is 0 Å². The van der Waals surface area contributed by atoms with Gasteiger partial charge in [-0.25, -0.2) is 4.45 Å². The summed E-state index contributed by atoms with van der Waals surface area (Å²) in [4.78, 5) is 2.53. The van der Waals surface area contributed by atoms with Gasteiger partial charge in [-0.05, 0) is 20.9 Å². The molecule has 2 heterocycles. The van der Waals surface area contributed by atoms with Gasteiger partial charge in [0.25, 0.3) is 0 Å². The number of rotatable bonds is 5. The topological polar surface area (TPSA) is 34.0 Å². The molecular formula is C9H20N4P4. The van der Waals surface area contributed by atoms with E-state index in [4.69, 9.17) is 0 Å². The normalized spacial score (nSPS) is 18.8. The first-order valence-electron chi connectivity index (χ1n) is 5.93. The lowest BCUT2D eigenvalue weighted by Crippen LogP contribution is -2.32. The van der Waals surface area contributed by atoms with E-state index in [-0.39, 0.29) is 7.45 Å². The van der Waals surface area contributed by atoms with Crippen molar-refractivity contribution in [2.24, 2.45) is 0 Å². The first-order valence-corrected chi connectivity index (χ1v) is 12.5. The van der Waals surface area contributed by atoms with Gasteiger partial charge in [0.1, 0.15) is 0 Å². The zero-order valence-electron chi connectivity index (χ0n) is 10.1. The number of fused-ring (bicyclic) bond motifs is 1. The standard InChI is InChI=1S/C9H20N4P4/c1-2-3-5-12-6-4-8-9(7-12)13(11-10-8)17(15)16-14/h16H,2-7,14-15H2,1H3. The molecule has 0 spiro atoms. The maximum Gasteiger partial charge on any atom is 0.0889 e. The highest BCUT2D eigenvalue weighted by molar-refractivity contribution is 8.60. The fraction of sp³-hybridized carbons (Fsp3) is 0.778. The number of hydrogen-bond acceptors (Lipinski definition) is 3. The third-order valence-electron chi connectivity index (χ3n) is 3.03. The van der Waals surface area contributed by atoms with Gasteiger partial charge < -0.3 is 0 Å². The number of nitrogens with zero attached hydrogens (tertiary/aromatic N) is 4. The van der Waals surface area contributed by atoms with E-state index < -0.39 is 0 Å². The van der Waals surface area contributed by atoms with E-state index in [1.165, 1.54) is 30.8 Å². The molecule has 1 aromatic rings. The molecule has 17 heavy (non-hydrogen) atoms. The lowest BCUT2D eigenvalue weighted by molar-refractivity contribution is 0.245. The van der Waals surface area contributed by atoms with Crippen molar-refractivity contribution in [3.8, 4) is 0 Å². The Morgan fingerprint density at radius 3 is 3.06 bits per heavy atom. The van der Waals surface area contributed by atoms with Gasteiger partial charge in [0.05, 0.1) is 18.8 Å². The molecule has 0 saturated heterocycles. The second kappa shape index (κ2) is 6.83. The van der Waals surface area contributed by atoms with Crippen LogP contribution in [0.1, 0.15) is 31.2 Å². The molecule has 4 atom stereocenters. The van der Waals surface area contributed by atoms with Crippen LogP contribution in [0, 0.1) is 0 Å². The summed E-state index contributed by atoms with van der Waals surface area (Å²) in [6.07, 6.45) is 3.62. The molecule has 4 nitrogen and oxygen atoms in total. The molecule has 1 aliphatic heterocycles. The molecule has 8 heteroatoms. The molecule has 0 bridgehead atoms. The Bertz CT molecular complexity index is 370. The van der Waals surface area contributed by atoms with E-state index in [0.29, 0.717) is 0 Å². The van der Waals surface area contributed by atoms with Crippen molar-refractivity contribution in [1.29, 1.82) is 0 Å². The summed E-state index contributed by atoms with van der Waals surface area (Å²) in [5.41, 5.74) is 2.57. The Balaban J connectivity index is 2.09. The number of hydrogen-bond donors (Lipinski definition) is 0. The Morgan fingerprint density at radius 1 is 1.53 bits per heavy atom. The van der Waals surface area contributed by atoms with E-state index in [9.17, 15) is 0 Å². The average molecular weight is 308 g/mol. The minimum atomic E-state index is -0.259. The maximum atomic E-state index is 4.32. The molecule has 0 fully saturated rings. The van der Waals surface area contributed by atoms with Gasteiger partial charge >= 0.3 is 0 Å². The van der Waals surface area contributed by atoms with Crippen molar-refractivity contribution in [2.75, 3.05) is 13.1 Å². The molecule has 0 saturated carbocycles. The van der Waals surface area contributed by atoms with Crippen LogP contribution in [-0.4, -0.2) is 32.8 Å². The molecule has 1 aromatic heterocycles. The van der Waals surface area contributed by atoms with Crippen LogP contribution in [0.15, 0.2) is 0 Å². The van der Waals surface area contributed by atoms with Crippen molar-refractivity contribution in [2.45, 2.75) is 32.7 Å². The van der Waals surface area contributed by atoms with E-state index in [2.05, 4.69) is 44.4 Å². The predicted molar refractivity (Wildman–Crippen MR) is 84.0 cm³/mol. The summed E-state index contributed by atoms with van der Waals surface area (Å²) in [5.74, 6) is 0. The lowest BCUT2D eigenvalue weighted by atomic mass is 10.1. The zero-order chi connectivity index (χ0) is 12.3. The monoisotopic (exact) mass is 308 g/mol. The van der Waals surface area contributed by atoms with Gasteiger partial charge in [-0.1, -0.05) is 27.5 Å². The lowest BCUT2D eigenvalue weighted by Gasteiger charge is -2.27. The maximum absolute atomic E-state index is 4.32. The van der Waals surface area contributed by atoms with Crippen molar-refractivity contribution in [3.05, 3.63) is 11.4 Å². The minimum absolute atomic E-state index is 0.259. The molecule has 96 valence electrons. The van der Waals surface area contributed by atoms with Gasteiger partial charge in [0, 0.05) is 19.5 Å². The second-order valence-electron chi connectivity index (χ2n) is 4.23. The summed E-state index contributed by atoms with van der Waals surface area (Å²) in [5, 5.41) is 8.65. The first-order chi connectivity index (χ1) is 8.26. The summed E-state index contributed by atoms with van der Waals surface area (Å²) < 4.78 is 2.15. The summed E-state index contributed by atoms with van der Waals surface area (Å²) in [7, 11) is 6.31. The molecule has 0 amide bonds. The van der Waals surface area contributed by atoms with Crippen LogP contribution >= 0.6 is 33.3 Å². The molecule has 4 unspecified atom stereocenters. The fourth-order valence-corrected chi connectivity index (χ4v) is 5.05. The average Bonchev–Trinajstić information content (AvgIpc) is 2.78. The summed E-state index contributed by atoms with van der Waals surface area (Å²) in [6, 6.07) is 0. The van der Waals surface area contributed by atoms with Crippen molar-refractivity contribution in [1.82, 2.24) is 19.7 Å². The molecule has 0 aliphatic carbocycles. The van der Waals surface area contributed by atoms with E-state index in [1.807, 2.05) is 0 Å². The Morgan fingerprint density at radius 2 is 2.35 bits per heavy atom. The van der Waals surface area contributed by atoms with Crippen LogP contribution in [0.25, 0.3) is 0 Å². The predicted octanol–water partition coefficient (Wildman–Crippen LogP) is 2.86. The van der Waals surface area contributed by atoms with Gasteiger partial charge in [0.2, 0.25) is 0 Å². The van der Waals surface area contributed by atoms with Gasteiger partial charge in [-0.2, -0.15) is 0 Å². The zero-order valence-corrected chi connectivity index (χ0v) is 14.3. The Kier molecular flexibility index (Phi) is 5.72. The molecule has 0 N–H and O–H groups in total. The van der Waals surface area contributed by atoms with Crippen LogP contribution in [-0.2, 0) is 13.0 Å². The van der Waals surface area contributed by atoms with Gasteiger partial charge in [0.15, 0.2) is 0 Å². The van der Waals surface area contributed by atoms with Crippen molar-refractivity contribution >= 4 is 33.3 Å². The molecule has 0 aromatic carbocycles. The summed E-state index contributed by atoms with van der Waals surface area (Å²) >= 11 is 0. The van der Waals surface area contributed by atoms with E-state index >= 15 is 0 Å². The van der Waals surface area contributed by atoms with Crippen LogP contribution in [0.4, 0.5) is 0 Å². The number of aromatic nitrogens is 3. The first kappa shape index (κ1) is 14.2. The Hall–Kier alpha value is 0.820. The number of unbranched alkanes of at least 4 members (excludes halogenated alkanes) is 1. The van der Waals surface area contributed by atoms with Crippen LogP contribution in [0.2, 0.25) is 0 Å². The minimum Gasteiger partial charge on any atom is -0.297 e. The third kappa shape index (κ3) is 3.43. The molecular weight excluding hydrogens is 288 g/mol. The van der Waals surface area contributed by atoms with Crippen molar-refractivity contribution in [3.63, 3.8) is 0 Å². The second-order valence-corrected chi connectivity index (χ2v) is 13.0. The quantitative estimate of drug-likeness (QED) is 0.784. The molecule has 0 radical (unpaired) electrons. The third-order valence-corrected chi connectivity index (χ3v) is 12.4. The van der Waals surface area contributed by atoms with E-state index in [0.717, 1.165) is 27.5 Å². The summed E-state index contributed by atoms with van der Waals surface area (Å²) in [6.45, 7) is 5.63. The molecule has 2 rings (SSSR count). The van der Waals surface area contributed by atoms with E-state index in [1.54, 1.807) is 0 Å². The highest BCUT2D eigenvalue weighted by atomic mass is 32.6. The fourth-order valence-electron chi connectivity index (χ4n) is 2.03. The Labute approximate surface area is 110 Å². The van der Waals surface area contributed by atoms with Gasteiger partial charge in [-0.3, -0.25) is 4.90 Å². The highest BCUT2D eigenvalue weighted by Crippen LogP contribution is 2.66. The van der Waals surface area contributed by atoms with Gasteiger partial charge in [-0.15, -0.1) is 14.0 Å². The largest absolute Gasteiger partial charge is 0.297 e. The van der Waals surface area contributed by atoms with Crippen molar-refractivity contribution < 1.29 is 0 Å². The highest BCUT2D eigenvalue weighted by Gasteiger charge is 2.23. The molecule has 1 aliphatic rings. The smallest absolute Gasteiger partial charge is 0.0889 e. The van der Waals surface area contributed by atoms with Crippen LogP contribution in [0.5, 0.6) is 0 Å². The SMILES string of the molecule is CCCCN1CCc2nnn(P(P)PP)c2C1. The van der Waals surface area contributed by atoms with Crippen LogP contribution in [0.3, 0.4) is 0 Å².